The van der Waals surface area contributed by atoms with Gasteiger partial charge in [0.2, 0.25) is 0 Å². The van der Waals surface area contributed by atoms with Crippen LogP contribution in [0.25, 0.3) is 22.0 Å². The SMILES string of the molecule is O=C(Oc1c(Br)cc(Br)cc1C=NNC(=O)c1[nH]c2cc(Cl)cc(Cl)c2c1-c1ccccc1)c1ccccc1. The zero-order chi connectivity index (χ0) is 27.5. The van der Waals surface area contributed by atoms with Gasteiger partial charge in [-0.3, -0.25) is 4.79 Å². The zero-order valence-electron chi connectivity index (χ0n) is 19.8. The van der Waals surface area contributed by atoms with E-state index in [9.17, 15) is 9.59 Å². The van der Waals surface area contributed by atoms with Crippen LogP contribution < -0.4 is 10.2 Å². The number of hydrazone groups is 1. The molecule has 4 aromatic carbocycles. The highest BCUT2D eigenvalue weighted by Crippen LogP contribution is 2.38. The Morgan fingerprint density at radius 1 is 0.923 bits per heavy atom. The van der Waals surface area contributed by atoms with Crippen LogP contribution in [0.5, 0.6) is 5.75 Å². The van der Waals surface area contributed by atoms with Crippen LogP contribution in [-0.2, 0) is 0 Å². The first-order valence-corrected chi connectivity index (χ1v) is 13.8. The number of aromatic amines is 1. The molecule has 0 saturated carbocycles. The Morgan fingerprint density at radius 3 is 2.33 bits per heavy atom. The molecule has 10 heteroatoms. The summed E-state index contributed by atoms with van der Waals surface area (Å²) in [5, 5.41) is 5.68. The Kier molecular flexibility index (Phi) is 8.18. The molecule has 0 saturated heterocycles. The molecular formula is C29H17Br2Cl2N3O3. The van der Waals surface area contributed by atoms with Gasteiger partial charge in [0.1, 0.15) is 5.69 Å². The van der Waals surface area contributed by atoms with E-state index in [1.54, 1.807) is 48.5 Å². The second kappa shape index (κ2) is 11.8. The summed E-state index contributed by atoms with van der Waals surface area (Å²) in [5.41, 5.74) is 5.72. The van der Waals surface area contributed by atoms with Crippen molar-refractivity contribution in [1.82, 2.24) is 10.4 Å². The highest BCUT2D eigenvalue weighted by atomic mass is 79.9. The largest absolute Gasteiger partial charge is 0.421 e. The van der Waals surface area contributed by atoms with Crippen LogP contribution in [0.4, 0.5) is 0 Å². The van der Waals surface area contributed by atoms with Crippen molar-refractivity contribution in [3.8, 4) is 16.9 Å². The van der Waals surface area contributed by atoms with Gasteiger partial charge in [-0.05, 0) is 57.9 Å². The lowest BCUT2D eigenvalue weighted by Crippen LogP contribution is -2.19. The molecule has 0 aliphatic carbocycles. The van der Waals surface area contributed by atoms with Crippen molar-refractivity contribution in [2.75, 3.05) is 0 Å². The first-order chi connectivity index (χ1) is 18.8. The van der Waals surface area contributed by atoms with Crippen LogP contribution in [0.1, 0.15) is 26.4 Å². The molecule has 0 bridgehead atoms. The molecule has 5 aromatic rings. The van der Waals surface area contributed by atoms with Crippen LogP contribution in [-0.4, -0.2) is 23.1 Å². The van der Waals surface area contributed by atoms with Crippen molar-refractivity contribution in [3.63, 3.8) is 0 Å². The summed E-state index contributed by atoms with van der Waals surface area (Å²) in [5.74, 6) is -0.772. The van der Waals surface area contributed by atoms with Crippen molar-refractivity contribution in [2.45, 2.75) is 0 Å². The van der Waals surface area contributed by atoms with E-state index in [-0.39, 0.29) is 11.4 Å². The number of carbonyl (C=O) groups excluding carboxylic acids is 2. The Labute approximate surface area is 250 Å². The third kappa shape index (κ3) is 5.94. The Bertz CT molecular complexity index is 1740. The van der Waals surface area contributed by atoms with Crippen molar-refractivity contribution < 1.29 is 14.3 Å². The predicted molar refractivity (Wildman–Crippen MR) is 162 cm³/mol. The quantitative estimate of drug-likeness (QED) is 0.0812. The molecule has 5 rings (SSSR count). The molecule has 194 valence electrons. The van der Waals surface area contributed by atoms with Gasteiger partial charge in [-0.15, -0.1) is 0 Å². The van der Waals surface area contributed by atoms with E-state index >= 15 is 0 Å². The van der Waals surface area contributed by atoms with Crippen LogP contribution >= 0.6 is 55.1 Å². The maximum atomic E-state index is 13.3. The Morgan fingerprint density at radius 2 is 1.62 bits per heavy atom. The number of halogens is 4. The monoisotopic (exact) mass is 683 g/mol. The topological polar surface area (TPSA) is 83.5 Å². The Hall–Kier alpha value is -3.43. The minimum atomic E-state index is -0.529. The van der Waals surface area contributed by atoms with Crippen molar-refractivity contribution in [3.05, 3.63) is 121 Å². The van der Waals surface area contributed by atoms with E-state index in [1.807, 2.05) is 36.4 Å². The molecule has 2 N–H and O–H groups in total. The zero-order valence-corrected chi connectivity index (χ0v) is 24.5. The van der Waals surface area contributed by atoms with Gasteiger partial charge >= 0.3 is 5.97 Å². The number of benzene rings is 4. The van der Waals surface area contributed by atoms with Crippen molar-refractivity contribution in [2.24, 2.45) is 5.10 Å². The van der Waals surface area contributed by atoms with E-state index in [1.165, 1.54) is 6.21 Å². The number of nitrogens with zero attached hydrogens (tertiary/aromatic N) is 1. The fourth-order valence-corrected chi connectivity index (χ4v) is 5.97. The molecule has 6 nitrogen and oxygen atoms in total. The second-order valence-corrected chi connectivity index (χ2v) is 10.9. The average molecular weight is 686 g/mol. The predicted octanol–water partition coefficient (Wildman–Crippen LogP) is 8.65. The maximum absolute atomic E-state index is 13.3. The standard InChI is InChI=1S/C29H17Br2Cl2N3O3/c30-19-11-18(27(21(31)12-19)39-29(38)17-9-5-2-6-10-17)15-34-36-28(37)26-24(16-7-3-1-4-8-16)25-22(33)13-20(32)14-23(25)35-26/h1-15,35H,(H,36,37). The van der Waals surface area contributed by atoms with E-state index < -0.39 is 11.9 Å². The molecule has 1 amide bonds. The third-order valence-corrected chi connectivity index (χ3v) is 7.28. The molecule has 0 atom stereocenters. The molecule has 0 spiro atoms. The highest BCUT2D eigenvalue weighted by Gasteiger charge is 2.22. The summed E-state index contributed by atoms with van der Waals surface area (Å²) in [6, 6.07) is 24.9. The van der Waals surface area contributed by atoms with E-state index in [2.05, 4.69) is 47.4 Å². The second-order valence-electron chi connectivity index (χ2n) is 8.31. The van der Waals surface area contributed by atoms with Gasteiger partial charge in [-0.25, -0.2) is 10.2 Å². The minimum absolute atomic E-state index is 0.252. The Balaban J connectivity index is 1.46. The van der Waals surface area contributed by atoms with Gasteiger partial charge in [0.25, 0.3) is 5.91 Å². The lowest BCUT2D eigenvalue weighted by Gasteiger charge is -2.10. The summed E-state index contributed by atoms with van der Waals surface area (Å²) in [7, 11) is 0. The number of hydrogen-bond donors (Lipinski definition) is 2. The van der Waals surface area contributed by atoms with Crippen LogP contribution in [0.2, 0.25) is 10.0 Å². The van der Waals surface area contributed by atoms with Gasteiger partial charge in [0.05, 0.1) is 21.3 Å². The van der Waals surface area contributed by atoms with Crippen LogP contribution in [0.3, 0.4) is 0 Å². The minimum Gasteiger partial charge on any atom is -0.421 e. The molecule has 0 unspecified atom stereocenters. The molecule has 1 heterocycles. The van der Waals surface area contributed by atoms with Gasteiger partial charge in [0, 0.05) is 31.5 Å². The van der Waals surface area contributed by atoms with Crippen molar-refractivity contribution >= 4 is 84.1 Å². The fourth-order valence-electron chi connectivity index (χ4n) is 4.04. The summed E-state index contributed by atoms with van der Waals surface area (Å²) >= 11 is 19.6. The van der Waals surface area contributed by atoms with Gasteiger partial charge in [-0.1, -0.05) is 87.7 Å². The summed E-state index contributed by atoms with van der Waals surface area (Å²) < 4.78 is 6.90. The van der Waals surface area contributed by atoms with E-state index in [0.717, 1.165) is 10.0 Å². The number of esters is 1. The molecular weight excluding hydrogens is 669 g/mol. The molecule has 1 aromatic heterocycles. The molecule has 0 aliphatic heterocycles. The number of hydrogen-bond acceptors (Lipinski definition) is 4. The lowest BCUT2D eigenvalue weighted by atomic mass is 10.0. The summed E-state index contributed by atoms with van der Waals surface area (Å²) in [4.78, 5) is 29.2. The number of carbonyl (C=O) groups is 2. The normalized spacial score (nSPS) is 11.2. The van der Waals surface area contributed by atoms with Crippen LogP contribution in [0.15, 0.2) is 99.0 Å². The number of fused-ring (bicyclic) bond motifs is 1. The van der Waals surface area contributed by atoms with Gasteiger partial charge in [-0.2, -0.15) is 5.10 Å². The number of ether oxygens (including phenoxy) is 1. The summed E-state index contributed by atoms with van der Waals surface area (Å²) in [6.45, 7) is 0. The van der Waals surface area contributed by atoms with Crippen LogP contribution in [0, 0.1) is 0 Å². The van der Waals surface area contributed by atoms with Gasteiger partial charge < -0.3 is 9.72 Å². The highest BCUT2D eigenvalue weighted by molar-refractivity contribution is 9.11. The summed E-state index contributed by atoms with van der Waals surface area (Å²) in [6.07, 6.45) is 1.40. The fraction of sp³-hybridized carbons (Fsp3) is 0. The number of H-pyrrole nitrogens is 1. The molecule has 0 aliphatic rings. The first kappa shape index (κ1) is 27.1. The first-order valence-electron chi connectivity index (χ1n) is 11.5. The van der Waals surface area contributed by atoms with E-state index in [0.29, 0.717) is 42.1 Å². The van der Waals surface area contributed by atoms with Crippen molar-refractivity contribution in [1.29, 1.82) is 0 Å². The maximum Gasteiger partial charge on any atom is 0.343 e. The molecule has 39 heavy (non-hydrogen) atoms. The number of aromatic nitrogens is 1. The third-order valence-electron chi connectivity index (χ3n) is 5.72. The molecule has 0 radical (unpaired) electrons. The number of rotatable bonds is 6. The smallest absolute Gasteiger partial charge is 0.343 e. The van der Waals surface area contributed by atoms with E-state index in [4.69, 9.17) is 27.9 Å². The average Bonchev–Trinajstić information content (AvgIpc) is 3.31. The lowest BCUT2D eigenvalue weighted by molar-refractivity contribution is 0.0733. The number of amides is 1. The molecule has 0 fully saturated rings. The van der Waals surface area contributed by atoms with Gasteiger partial charge in [0.15, 0.2) is 5.75 Å². The number of nitrogens with one attached hydrogen (secondary N) is 2.